The first-order valence-electron chi connectivity index (χ1n) is 24.6. The quantitative estimate of drug-likeness (QED) is 0.0947. The van der Waals surface area contributed by atoms with Crippen molar-refractivity contribution in [2.24, 2.45) is 10.8 Å². The van der Waals surface area contributed by atoms with Crippen molar-refractivity contribution in [1.82, 2.24) is 0 Å². The number of hydrogen-bond donors (Lipinski definition) is 0. The van der Waals surface area contributed by atoms with E-state index in [1.165, 1.54) is 193 Å². The second-order valence-electron chi connectivity index (χ2n) is 21.6. The van der Waals surface area contributed by atoms with Crippen LogP contribution in [0.5, 0.6) is 0 Å². The SMILES string of the molecule is CCC1(Cc2cc3c(-c4ccc([Si](C)(C)C)cc4)cccc3[cH-]2)CCCCCCC1.CCC1(Cc2cc3c(-c4ccc([Si](C)(C)C)cc4)cccc3[cH-]2)CCCCCCC1.Cl.Cl.[CH3-].[CH3-].[Si]=[Zr]. The van der Waals surface area contributed by atoms with E-state index in [1.54, 1.807) is 11.1 Å². The molecular weight excluding hydrogens is 967 g/mol. The summed E-state index contributed by atoms with van der Waals surface area (Å²) in [6.07, 6.45) is 25.1. The second kappa shape index (κ2) is 27.6. The Morgan fingerprint density at radius 2 is 0.773 bits per heavy atom. The van der Waals surface area contributed by atoms with Gasteiger partial charge in [0.2, 0.25) is 0 Å². The zero-order valence-electron chi connectivity index (χ0n) is 42.9. The van der Waals surface area contributed by atoms with Gasteiger partial charge in [0.05, 0.1) is 16.1 Å². The van der Waals surface area contributed by atoms with Gasteiger partial charge < -0.3 is 14.9 Å². The van der Waals surface area contributed by atoms with Crippen LogP contribution >= 0.6 is 24.8 Å². The third-order valence-electron chi connectivity index (χ3n) is 15.2. The van der Waals surface area contributed by atoms with Crippen LogP contribution in [-0.2, 0) is 36.2 Å². The Bertz CT molecular complexity index is 2130. The number of fused-ring (bicyclic) bond motifs is 2. The molecule has 0 heterocycles. The van der Waals surface area contributed by atoms with Gasteiger partial charge in [0.15, 0.2) is 0 Å². The van der Waals surface area contributed by atoms with E-state index in [0.29, 0.717) is 10.8 Å². The van der Waals surface area contributed by atoms with Crippen LogP contribution in [-0.4, -0.2) is 23.0 Å². The first kappa shape index (κ1) is 60.3. The molecule has 6 heteroatoms. The van der Waals surface area contributed by atoms with Crippen molar-refractivity contribution in [3.8, 4) is 22.3 Å². The van der Waals surface area contributed by atoms with Gasteiger partial charge in [0, 0.05) is 0 Å². The Labute approximate surface area is 436 Å². The minimum atomic E-state index is -1.25. The fraction of sp³-hybridized carbons (Fsp3) is 0.467. The molecule has 66 heavy (non-hydrogen) atoms. The molecular formula is C60H86Cl2Si3Zr-4. The Kier molecular flexibility index (Phi) is 25.2. The van der Waals surface area contributed by atoms with Crippen LogP contribution in [0.4, 0.5) is 0 Å². The van der Waals surface area contributed by atoms with E-state index < -0.39 is 16.1 Å². The van der Waals surface area contributed by atoms with Gasteiger partial charge in [0.25, 0.3) is 0 Å². The summed E-state index contributed by atoms with van der Waals surface area (Å²) in [5, 5.41) is 8.77. The van der Waals surface area contributed by atoms with E-state index in [1.807, 2.05) is 0 Å². The van der Waals surface area contributed by atoms with E-state index in [9.17, 15) is 0 Å². The van der Waals surface area contributed by atoms with Crippen LogP contribution < -0.4 is 10.4 Å². The molecule has 0 nitrogen and oxygen atoms in total. The maximum absolute atomic E-state index is 3.06. The van der Waals surface area contributed by atoms with E-state index in [2.05, 4.69) is 169 Å². The molecule has 0 aromatic heterocycles. The molecule has 0 bridgehead atoms. The molecule has 2 radical (unpaired) electrons. The summed E-state index contributed by atoms with van der Waals surface area (Å²) < 4.78 is 0. The summed E-state index contributed by atoms with van der Waals surface area (Å²) >= 11 is 1.36. The summed E-state index contributed by atoms with van der Waals surface area (Å²) in [6.45, 7) is 22.4. The van der Waals surface area contributed by atoms with Crippen LogP contribution in [0.25, 0.3) is 43.8 Å². The fourth-order valence-corrected chi connectivity index (χ4v) is 13.4. The molecule has 0 unspecified atom stereocenters. The molecule has 6 aromatic rings. The fourth-order valence-electron chi connectivity index (χ4n) is 11.1. The average molecular weight is 1050 g/mol. The van der Waals surface area contributed by atoms with Crippen LogP contribution in [0.2, 0.25) is 39.3 Å². The summed E-state index contributed by atoms with van der Waals surface area (Å²) in [6, 6.07) is 42.5. The molecule has 0 aliphatic heterocycles. The molecule has 2 saturated carbocycles. The van der Waals surface area contributed by atoms with Crippen molar-refractivity contribution in [3.63, 3.8) is 0 Å². The maximum atomic E-state index is 3.06. The van der Waals surface area contributed by atoms with Crippen LogP contribution in [0, 0.1) is 25.7 Å². The second-order valence-corrected chi connectivity index (χ2v) is 31.7. The molecule has 0 amide bonds. The Morgan fingerprint density at radius 1 is 0.470 bits per heavy atom. The van der Waals surface area contributed by atoms with Gasteiger partial charge in [-0.3, -0.25) is 0 Å². The molecule has 0 spiro atoms. The standard InChI is InChI=1S/2C29H39Si.2CH3.2ClH.Si.Zr/c2*1-5-29(18-9-7-6-8-10-19-29)22-23-20-25-12-11-13-27(28(25)21-23)24-14-16-26(17-15-24)30(2,3)4;;;;;;/h2*11-17,20-21H,5-10,18-19,22H2,1-4H3;2*1H3;2*1H;;/q4*-1;;;;. The number of rotatable bonds is 10. The summed E-state index contributed by atoms with van der Waals surface area (Å²) in [4.78, 5) is 0. The predicted molar refractivity (Wildman–Crippen MR) is 306 cm³/mol. The normalized spacial score (nSPS) is 16.0. The zero-order valence-corrected chi connectivity index (χ0v) is 50.0. The number of hydrogen-bond acceptors (Lipinski definition) is 0. The Balaban J connectivity index is 0.000000413. The van der Waals surface area contributed by atoms with Crippen molar-refractivity contribution in [3.05, 3.63) is 135 Å². The van der Waals surface area contributed by atoms with Gasteiger partial charge in [0.1, 0.15) is 0 Å². The summed E-state index contributed by atoms with van der Waals surface area (Å²) in [5.74, 6) is 0. The van der Waals surface area contributed by atoms with Crippen LogP contribution in [0.15, 0.2) is 109 Å². The van der Waals surface area contributed by atoms with E-state index in [4.69, 9.17) is 0 Å². The topological polar surface area (TPSA) is 0 Å². The number of benzene rings is 4. The summed E-state index contributed by atoms with van der Waals surface area (Å²) in [5.41, 5.74) is 9.64. The summed E-state index contributed by atoms with van der Waals surface area (Å²) in [7, 11) is -2.50. The monoisotopic (exact) mass is 1050 g/mol. The number of halogens is 2. The van der Waals surface area contributed by atoms with Crippen molar-refractivity contribution in [2.75, 3.05) is 0 Å². The van der Waals surface area contributed by atoms with E-state index in [-0.39, 0.29) is 39.7 Å². The predicted octanol–water partition coefficient (Wildman–Crippen LogP) is 18.3. The molecule has 8 rings (SSSR count). The first-order valence-corrected chi connectivity index (χ1v) is 35.8. The van der Waals surface area contributed by atoms with Gasteiger partial charge in [-0.15, -0.1) is 93.9 Å². The molecule has 2 aliphatic rings. The molecule has 0 atom stereocenters. The van der Waals surface area contributed by atoms with Crippen LogP contribution in [0.3, 0.4) is 0 Å². The van der Waals surface area contributed by atoms with Gasteiger partial charge in [-0.1, -0.05) is 212 Å². The van der Waals surface area contributed by atoms with E-state index in [0.717, 1.165) is 0 Å². The first-order chi connectivity index (χ1) is 29.8. The average Bonchev–Trinajstić information content (AvgIpc) is 3.86. The minimum absolute atomic E-state index is 0. The third kappa shape index (κ3) is 15.6. The van der Waals surface area contributed by atoms with Gasteiger partial charge >= 0.3 is 30.2 Å². The molecule has 0 saturated heterocycles. The Hall–Kier alpha value is -1.79. The van der Waals surface area contributed by atoms with Crippen LogP contribution in [0.1, 0.15) is 128 Å². The molecule has 2 fully saturated rings. The van der Waals surface area contributed by atoms with Crippen molar-refractivity contribution in [1.29, 1.82) is 0 Å². The molecule has 2 aliphatic carbocycles. The zero-order chi connectivity index (χ0) is 44.4. The van der Waals surface area contributed by atoms with Gasteiger partial charge in [-0.05, 0) is 60.5 Å². The van der Waals surface area contributed by atoms with Gasteiger partial charge in [-0.2, -0.15) is 12.1 Å². The van der Waals surface area contributed by atoms with Gasteiger partial charge in [-0.25, -0.2) is 0 Å². The van der Waals surface area contributed by atoms with E-state index >= 15 is 0 Å². The Morgan fingerprint density at radius 3 is 1.06 bits per heavy atom. The van der Waals surface area contributed by atoms with Crippen molar-refractivity contribution < 1.29 is 23.3 Å². The third-order valence-corrected chi connectivity index (χ3v) is 19.4. The molecule has 6 aromatic carbocycles. The van der Waals surface area contributed by atoms with Crippen molar-refractivity contribution >= 4 is 79.8 Å². The molecule has 360 valence electrons. The molecule has 0 N–H and O–H groups in total. The van der Waals surface area contributed by atoms with Crippen molar-refractivity contribution in [2.45, 2.75) is 169 Å².